The molecule has 1 aliphatic rings. The summed E-state index contributed by atoms with van der Waals surface area (Å²) >= 11 is 0. The zero-order chi connectivity index (χ0) is 17.9. The van der Waals surface area contributed by atoms with Crippen molar-refractivity contribution in [2.45, 2.75) is 38.7 Å². The summed E-state index contributed by atoms with van der Waals surface area (Å²) in [5, 5.41) is 3.49. The topological polar surface area (TPSA) is 47.0 Å². The van der Waals surface area contributed by atoms with E-state index in [0.29, 0.717) is 29.5 Å². The minimum Gasteiger partial charge on any atom is -0.490 e. The first-order valence-electron chi connectivity index (χ1n) is 8.56. The van der Waals surface area contributed by atoms with Gasteiger partial charge in [0, 0.05) is 11.8 Å². The van der Waals surface area contributed by atoms with Gasteiger partial charge in [-0.05, 0) is 49.6 Å². The van der Waals surface area contributed by atoms with E-state index in [-0.39, 0.29) is 11.2 Å². The molecule has 25 heavy (non-hydrogen) atoms. The summed E-state index contributed by atoms with van der Waals surface area (Å²) in [5.74, 6) is 1.29. The summed E-state index contributed by atoms with van der Waals surface area (Å²) in [6.45, 7) is 6.06. The molecule has 0 aliphatic carbocycles. The van der Waals surface area contributed by atoms with E-state index in [0.717, 1.165) is 19.4 Å². The molecule has 3 rings (SSSR count). The predicted octanol–water partition coefficient (Wildman–Crippen LogP) is 4.24. The summed E-state index contributed by atoms with van der Waals surface area (Å²) in [5.41, 5.74) is 1.06. The van der Waals surface area contributed by atoms with Crippen molar-refractivity contribution in [2.24, 2.45) is 5.92 Å². The second-order valence-corrected chi connectivity index (χ2v) is 6.99. The van der Waals surface area contributed by atoms with Gasteiger partial charge in [-0.15, -0.1) is 0 Å². The van der Waals surface area contributed by atoms with Crippen LogP contribution in [0.15, 0.2) is 36.7 Å². The molecule has 0 amide bonds. The van der Waals surface area contributed by atoms with Crippen molar-refractivity contribution in [3.63, 3.8) is 0 Å². The molecule has 1 N–H and O–H groups in total. The lowest BCUT2D eigenvalue weighted by molar-refractivity contribution is 0.0931. The molecular weight excluding hydrogens is 324 g/mol. The van der Waals surface area contributed by atoms with E-state index in [1.54, 1.807) is 18.3 Å². The maximum atomic E-state index is 12.8. The molecule has 4 nitrogen and oxygen atoms in total. The zero-order valence-electron chi connectivity index (χ0n) is 14.5. The molecule has 1 fully saturated rings. The largest absolute Gasteiger partial charge is 0.490 e. The van der Waals surface area contributed by atoms with Gasteiger partial charge in [0.2, 0.25) is 0 Å². The van der Waals surface area contributed by atoms with Crippen molar-refractivity contribution in [2.75, 3.05) is 13.2 Å². The Morgan fingerprint density at radius 1 is 1.24 bits per heavy atom. The molecule has 0 spiro atoms. The third-order valence-corrected chi connectivity index (χ3v) is 4.45. The van der Waals surface area contributed by atoms with E-state index in [4.69, 9.17) is 4.74 Å². The normalized spacial score (nSPS) is 19.9. The second kappa shape index (κ2) is 7.44. The molecule has 1 saturated heterocycles. The summed E-state index contributed by atoms with van der Waals surface area (Å²) in [6, 6.07) is 6.64. The Hall–Kier alpha value is -2.08. The highest BCUT2D eigenvalue weighted by Gasteiger charge is 2.37. The van der Waals surface area contributed by atoms with Gasteiger partial charge in [-0.2, -0.15) is 0 Å². The van der Waals surface area contributed by atoms with E-state index < -0.39 is 6.43 Å². The number of alkyl halides is 2. The maximum Gasteiger partial charge on any atom is 0.280 e. The monoisotopic (exact) mass is 347 g/mol. The second-order valence-electron chi connectivity index (χ2n) is 6.99. The Kier molecular flexibility index (Phi) is 5.27. The lowest BCUT2D eigenvalue weighted by atomic mass is 9.81. The smallest absolute Gasteiger partial charge is 0.280 e. The average molecular weight is 347 g/mol. The van der Waals surface area contributed by atoms with Crippen LogP contribution in [-0.2, 0) is 0 Å². The van der Waals surface area contributed by atoms with Crippen molar-refractivity contribution < 1.29 is 13.5 Å². The van der Waals surface area contributed by atoms with Crippen molar-refractivity contribution >= 4 is 0 Å². The molecule has 134 valence electrons. The molecule has 0 aromatic carbocycles. The van der Waals surface area contributed by atoms with Gasteiger partial charge in [0.25, 0.3) is 6.43 Å². The molecule has 1 aliphatic heterocycles. The summed E-state index contributed by atoms with van der Waals surface area (Å²) in [7, 11) is 0. The highest BCUT2D eigenvalue weighted by Crippen LogP contribution is 2.29. The van der Waals surface area contributed by atoms with Crippen molar-refractivity contribution in [1.29, 1.82) is 0 Å². The van der Waals surface area contributed by atoms with Crippen molar-refractivity contribution in [3.05, 3.63) is 42.4 Å². The number of nitrogens with one attached hydrogen (secondary N) is 1. The van der Waals surface area contributed by atoms with Crippen LogP contribution in [0.5, 0.6) is 5.75 Å². The number of pyridine rings is 2. The molecule has 2 aromatic rings. The Bertz CT molecular complexity index is 700. The van der Waals surface area contributed by atoms with Crippen molar-refractivity contribution in [1.82, 2.24) is 15.3 Å². The number of halogens is 2. The minimum absolute atomic E-state index is 0.0596. The average Bonchev–Trinajstić information content (AvgIpc) is 2.57. The SMILES string of the molecule is CC(C)CC1(COc2ccc(-c3ccnc(C(F)F)c3)nc2)CCN1. The lowest BCUT2D eigenvalue weighted by Gasteiger charge is -2.44. The molecule has 0 radical (unpaired) electrons. The third-order valence-electron chi connectivity index (χ3n) is 4.45. The highest BCUT2D eigenvalue weighted by atomic mass is 19.3. The maximum absolute atomic E-state index is 12.8. The van der Waals surface area contributed by atoms with Gasteiger partial charge in [0.15, 0.2) is 0 Å². The van der Waals surface area contributed by atoms with Gasteiger partial charge < -0.3 is 10.1 Å². The number of nitrogens with zero attached hydrogens (tertiary/aromatic N) is 2. The van der Waals surface area contributed by atoms with Crippen LogP contribution in [0, 0.1) is 5.92 Å². The van der Waals surface area contributed by atoms with Gasteiger partial charge in [-0.3, -0.25) is 9.97 Å². The van der Waals surface area contributed by atoms with Crippen LogP contribution in [0.25, 0.3) is 11.3 Å². The first kappa shape index (κ1) is 17.7. The van der Waals surface area contributed by atoms with Crippen LogP contribution in [0.3, 0.4) is 0 Å². The quantitative estimate of drug-likeness (QED) is 0.814. The number of hydrogen-bond donors (Lipinski definition) is 1. The molecule has 1 atom stereocenters. The van der Waals surface area contributed by atoms with Crippen LogP contribution in [0.1, 0.15) is 38.8 Å². The van der Waals surface area contributed by atoms with E-state index in [2.05, 4.69) is 29.1 Å². The van der Waals surface area contributed by atoms with Gasteiger partial charge in [0.05, 0.1) is 17.4 Å². The number of ether oxygens (including phenoxy) is 1. The van der Waals surface area contributed by atoms with Crippen LogP contribution < -0.4 is 10.1 Å². The highest BCUT2D eigenvalue weighted by molar-refractivity contribution is 5.59. The summed E-state index contributed by atoms with van der Waals surface area (Å²) in [4.78, 5) is 8.01. The summed E-state index contributed by atoms with van der Waals surface area (Å²) < 4.78 is 31.4. The van der Waals surface area contributed by atoms with Gasteiger partial charge >= 0.3 is 0 Å². The first-order chi connectivity index (χ1) is 12.0. The lowest BCUT2D eigenvalue weighted by Crippen LogP contribution is -2.61. The Morgan fingerprint density at radius 3 is 2.60 bits per heavy atom. The van der Waals surface area contributed by atoms with Crippen molar-refractivity contribution in [3.8, 4) is 17.0 Å². The standard InChI is InChI=1S/C19H23F2N3O/c1-13(2)10-19(6-8-24-19)12-25-15-3-4-16(23-11-15)14-5-7-22-17(9-14)18(20)21/h3-5,7,9,11,13,18,24H,6,8,10,12H2,1-2H3. The molecule has 3 heterocycles. The minimum atomic E-state index is -2.59. The fraction of sp³-hybridized carbons (Fsp3) is 0.474. The van der Waals surface area contributed by atoms with Crippen LogP contribution in [0.4, 0.5) is 8.78 Å². The Labute approximate surface area is 146 Å². The molecule has 6 heteroatoms. The molecular formula is C19H23F2N3O. The Balaban J connectivity index is 1.65. The summed E-state index contributed by atoms with van der Waals surface area (Å²) in [6.07, 6.45) is 2.62. The van der Waals surface area contributed by atoms with Gasteiger partial charge in [-0.25, -0.2) is 8.78 Å². The van der Waals surface area contributed by atoms with Crippen LogP contribution >= 0.6 is 0 Å². The van der Waals surface area contributed by atoms with E-state index in [9.17, 15) is 8.78 Å². The first-order valence-corrected chi connectivity index (χ1v) is 8.56. The fourth-order valence-corrected chi connectivity index (χ4v) is 3.20. The molecule has 0 bridgehead atoms. The number of rotatable bonds is 7. The van der Waals surface area contributed by atoms with Crippen LogP contribution in [0.2, 0.25) is 0 Å². The van der Waals surface area contributed by atoms with Gasteiger partial charge in [0.1, 0.15) is 18.1 Å². The molecule has 0 saturated carbocycles. The molecule has 2 aromatic heterocycles. The predicted molar refractivity (Wildman–Crippen MR) is 92.7 cm³/mol. The number of hydrogen-bond acceptors (Lipinski definition) is 4. The fourth-order valence-electron chi connectivity index (χ4n) is 3.20. The zero-order valence-corrected chi connectivity index (χ0v) is 14.5. The van der Waals surface area contributed by atoms with Crippen LogP contribution in [-0.4, -0.2) is 28.7 Å². The van der Waals surface area contributed by atoms with E-state index >= 15 is 0 Å². The number of aromatic nitrogens is 2. The van der Waals surface area contributed by atoms with Gasteiger partial charge in [-0.1, -0.05) is 13.8 Å². The molecule has 1 unspecified atom stereocenters. The Morgan fingerprint density at radius 2 is 2.04 bits per heavy atom. The van der Waals surface area contributed by atoms with E-state index in [1.807, 2.05) is 6.07 Å². The van der Waals surface area contributed by atoms with E-state index in [1.165, 1.54) is 12.3 Å². The third kappa shape index (κ3) is 4.31.